The molecule has 2 aromatic rings. The summed E-state index contributed by atoms with van der Waals surface area (Å²) in [5.41, 5.74) is -2.21. The zero-order valence-electron chi connectivity index (χ0n) is 13.8. The third-order valence-electron chi connectivity index (χ3n) is 4.48. The first-order valence-corrected chi connectivity index (χ1v) is 7.90. The lowest BCUT2D eigenvalue weighted by Crippen LogP contribution is -2.41. The van der Waals surface area contributed by atoms with Crippen molar-refractivity contribution in [3.05, 3.63) is 51.2 Å². The molecule has 0 aromatic carbocycles. The summed E-state index contributed by atoms with van der Waals surface area (Å²) < 4.78 is 27.2. The average molecular weight is 351 g/mol. The molecule has 0 N–H and O–H groups in total. The van der Waals surface area contributed by atoms with Gasteiger partial charge in [-0.2, -0.15) is 0 Å². The zero-order chi connectivity index (χ0) is 17.7. The first kappa shape index (κ1) is 17.1. The van der Waals surface area contributed by atoms with Gasteiger partial charge in [-0.05, 0) is 45.9 Å². The number of aromatic nitrogens is 2. The van der Waals surface area contributed by atoms with Crippen LogP contribution in [0.15, 0.2) is 34.9 Å². The molecular formula is C16H17BClFN2O3. The molecule has 24 heavy (non-hydrogen) atoms. The molecule has 8 heteroatoms. The normalized spacial score (nSPS) is 19.9. The van der Waals surface area contributed by atoms with Gasteiger partial charge in [-0.25, -0.2) is 9.37 Å². The van der Waals surface area contributed by atoms with E-state index in [-0.39, 0.29) is 10.7 Å². The zero-order valence-corrected chi connectivity index (χ0v) is 14.6. The number of hydrogen-bond acceptors (Lipinski definition) is 4. The van der Waals surface area contributed by atoms with E-state index in [9.17, 15) is 9.18 Å². The van der Waals surface area contributed by atoms with Crippen LogP contribution in [0.1, 0.15) is 33.3 Å². The lowest BCUT2D eigenvalue weighted by atomic mass is 9.87. The van der Waals surface area contributed by atoms with Crippen molar-refractivity contribution in [1.29, 1.82) is 0 Å². The van der Waals surface area contributed by atoms with Gasteiger partial charge in [0, 0.05) is 6.20 Å². The topological polar surface area (TPSA) is 52.8 Å². The maximum atomic E-state index is 14.6. The quantitative estimate of drug-likeness (QED) is 0.616. The molecule has 5 nitrogen and oxygen atoms in total. The van der Waals surface area contributed by atoms with Crippen LogP contribution in [0.4, 0.5) is 4.39 Å². The molecule has 3 rings (SSSR count). The van der Waals surface area contributed by atoms with Crippen molar-refractivity contribution in [3.63, 3.8) is 0 Å². The molecule has 1 aliphatic heterocycles. The molecule has 0 radical (unpaired) electrons. The van der Waals surface area contributed by atoms with Gasteiger partial charge in [0.25, 0.3) is 5.56 Å². The van der Waals surface area contributed by atoms with Crippen LogP contribution in [0.5, 0.6) is 0 Å². The van der Waals surface area contributed by atoms with E-state index in [0.29, 0.717) is 5.65 Å². The molecular weight excluding hydrogens is 333 g/mol. The Balaban J connectivity index is 2.03. The summed E-state index contributed by atoms with van der Waals surface area (Å²) in [6, 6.07) is 5.06. The van der Waals surface area contributed by atoms with Crippen LogP contribution in [0, 0.1) is 0 Å². The summed E-state index contributed by atoms with van der Waals surface area (Å²) in [7, 11) is -1.19. The van der Waals surface area contributed by atoms with Crippen LogP contribution in [-0.2, 0) is 9.31 Å². The lowest BCUT2D eigenvalue weighted by molar-refractivity contribution is 0.00578. The van der Waals surface area contributed by atoms with Crippen LogP contribution in [0.2, 0.25) is 5.15 Å². The third kappa shape index (κ3) is 2.77. The minimum Gasteiger partial charge on any atom is -0.398 e. The second kappa shape index (κ2) is 5.69. The maximum absolute atomic E-state index is 14.6. The highest BCUT2D eigenvalue weighted by Crippen LogP contribution is 2.39. The predicted octanol–water partition coefficient (Wildman–Crippen LogP) is 3.29. The Bertz CT molecular complexity index is 879. The number of halogens is 2. The molecule has 126 valence electrons. The van der Waals surface area contributed by atoms with Gasteiger partial charge in [-0.15, -0.1) is 0 Å². The van der Waals surface area contributed by atoms with Gasteiger partial charge >= 0.3 is 7.12 Å². The highest BCUT2D eigenvalue weighted by molar-refractivity contribution is 6.54. The minimum absolute atomic E-state index is 0.0485. The van der Waals surface area contributed by atoms with Crippen LogP contribution in [0.25, 0.3) is 11.7 Å². The molecule has 1 aliphatic rings. The summed E-state index contributed by atoms with van der Waals surface area (Å²) in [6.45, 7) is 7.28. The van der Waals surface area contributed by atoms with Gasteiger partial charge in [0.15, 0.2) is 0 Å². The van der Waals surface area contributed by atoms with Gasteiger partial charge in [0.2, 0.25) is 0 Å². The Labute approximate surface area is 144 Å². The summed E-state index contributed by atoms with van der Waals surface area (Å²) in [5.74, 6) is 0. The number of fused-ring (bicyclic) bond motifs is 1. The van der Waals surface area contributed by atoms with Crippen molar-refractivity contribution in [2.24, 2.45) is 0 Å². The van der Waals surface area contributed by atoms with E-state index in [0.717, 1.165) is 6.08 Å². The number of pyridine rings is 1. The fourth-order valence-corrected chi connectivity index (χ4v) is 2.58. The van der Waals surface area contributed by atoms with E-state index >= 15 is 0 Å². The van der Waals surface area contributed by atoms with E-state index in [2.05, 4.69) is 4.98 Å². The number of nitrogens with zero attached hydrogens (tertiary/aromatic N) is 2. The SMILES string of the molecule is CC1(C)OB(C(F)=Cc2c(Cl)nc3ccccn3c2=O)OC1(C)C. The molecule has 0 unspecified atom stereocenters. The maximum Gasteiger partial charge on any atom is 0.525 e. The van der Waals surface area contributed by atoms with Crippen molar-refractivity contribution >= 4 is 30.4 Å². The van der Waals surface area contributed by atoms with Crippen molar-refractivity contribution in [3.8, 4) is 0 Å². The standard InChI is InChI=1S/C16H17BClFN2O3/c1-15(2)16(3,4)24-17(23-15)11(19)9-10-13(18)20-12-7-5-6-8-21(12)14(10)22/h5-9H,1-4H3. The molecule has 0 bridgehead atoms. The fourth-order valence-electron chi connectivity index (χ4n) is 2.36. The highest BCUT2D eigenvalue weighted by atomic mass is 35.5. The van der Waals surface area contributed by atoms with E-state index in [4.69, 9.17) is 20.9 Å². The van der Waals surface area contributed by atoms with Gasteiger partial charge in [0.1, 0.15) is 16.5 Å². The molecule has 2 aromatic heterocycles. The number of hydrogen-bond donors (Lipinski definition) is 0. The number of rotatable bonds is 2. The van der Waals surface area contributed by atoms with Gasteiger partial charge in [-0.1, -0.05) is 17.7 Å². The third-order valence-corrected chi connectivity index (χ3v) is 4.77. The summed E-state index contributed by atoms with van der Waals surface area (Å²) in [6.07, 6.45) is 2.57. The second-order valence-corrected chi connectivity index (χ2v) is 7.03. The van der Waals surface area contributed by atoms with E-state index in [1.54, 1.807) is 24.4 Å². The van der Waals surface area contributed by atoms with Crippen molar-refractivity contribution in [1.82, 2.24) is 9.38 Å². The predicted molar refractivity (Wildman–Crippen MR) is 91.6 cm³/mol. The Kier molecular flexibility index (Phi) is 4.06. The summed E-state index contributed by atoms with van der Waals surface area (Å²) >= 11 is 6.05. The Morgan fingerprint density at radius 2 is 1.92 bits per heavy atom. The molecule has 0 saturated carbocycles. The molecule has 1 fully saturated rings. The molecule has 3 heterocycles. The molecule has 0 atom stereocenters. The molecule has 1 saturated heterocycles. The fraction of sp³-hybridized carbons (Fsp3) is 0.375. The van der Waals surface area contributed by atoms with Crippen molar-refractivity contribution in [2.45, 2.75) is 38.9 Å². The van der Waals surface area contributed by atoms with E-state index in [1.807, 2.05) is 27.7 Å². The van der Waals surface area contributed by atoms with Crippen molar-refractivity contribution in [2.75, 3.05) is 0 Å². The molecule has 0 aliphatic carbocycles. The van der Waals surface area contributed by atoms with Crippen LogP contribution in [0.3, 0.4) is 0 Å². The molecule has 0 spiro atoms. The minimum atomic E-state index is -1.19. The Hall–Kier alpha value is -1.70. The first-order valence-electron chi connectivity index (χ1n) is 7.52. The monoisotopic (exact) mass is 350 g/mol. The van der Waals surface area contributed by atoms with Crippen LogP contribution >= 0.6 is 11.6 Å². The highest BCUT2D eigenvalue weighted by Gasteiger charge is 2.53. The first-order chi connectivity index (χ1) is 11.1. The van der Waals surface area contributed by atoms with Crippen molar-refractivity contribution < 1.29 is 13.7 Å². The average Bonchev–Trinajstić information content (AvgIpc) is 2.72. The second-order valence-electron chi connectivity index (χ2n) is 6.67. The largest absolute Gasteiger partial charge is 0.525 e. The van der Waals surface area contributed by atoms with Gasteiger partial charge < -0.3 is 9.31 Å². The smallest absolute Gasteiger partial charge is 0.398 e. The van der Waals surface area contributed by atoms with Crippen LogP contribution < -0.4 is 5.56 Å². The van der Waals surface area contributed by atoms with Gasteiger partial charge in [-0.3, -0.25) is 9.20 Å². The summed E-state index contributed by atoms with van der Waals surface area (Å²) in [5, 5.41) is -0.0714. The van der Waals surface area contributed by atoms with Gasteiger partial charge in [0.05, 0.1) is 16.8 Å². The molecule has 0 amide bonds. The lowest BCUT2D eigenvalue weighted by Gasteiger charge is -2.32. The van der Waals surface area contributed by atoms with Crippen LogP contribution in [-0.4, -0.2) is 27.7 Å². The van der Waals surface area contributed by atoms with E-state index < -0.39 is 29.6 Å². The Morgan fingerprint density at radius 1 is 1.29 bits per heavy atom. The van der Waals surface area contributed by atoms with E-state index in [1.165, 1.54) is 4.40 Å². The summed E-state index contributed by atoms with van der Waals surface area (Å²) in [4.78, 5) is 16.6. The Morgan fingerprint density at radius 3 is 2.54 bits per heavy atom.